The Morgan fingerprint density at radius 3 is 2.67 bits per heavy atom. The lowest BCUT2D eigenvalue weighted by atomic mass is 10.0. The van der Waals surface area contributed by atoms with E-state index in [1.165, 1.54) is 0 Å². The summed E-state index contributed by atoms with van der Waals surface area (Å²) in [5.74, 6) is 0.0532. The van der Waals surface area contributed by atoms with Crippen LogP contribution in [-0.4, -0.2) is 17.4 Å². The minimum absolute atomic E-state index is 0.0532. The molecule has 0 spiro atoms. The highest BCUT2D eigenvalue weighted by atomic mass is 35.5. The molecular weight excluding hydrogens is 284 g/mol. The second-order valence-electron chi connectivity index (χ2n) is 5.33. The number of amides is 1. The molecule has 1 atom stereocenters. The standard InChI is InChI=1S/C17H17ClN2O/c18-14-4-1-3-13(11-14)16-5-2-10-20(16)17(21)12-6-8-15(19)9-7-12/h1,3-4,6-9,11,16H,2,5,10,19H2. The van der Waals surface area contributed by atoms with Crippen LogP contribution in [0.2, 0.25) is 5.02 Å². The fourth-order valence-corrected chi connectivity index (χ4v) is 3.06. The van der Waals surface area contributed by atoms with Crippen molar-refractivity contribution >= 4 is 23.2 Å². The van der Waals surface area contributed by atoms with Crippen molar-refractivity contribution in [1.82, 2.24) is 4.90 Å². The Labute approximate surface area is 129 Å². The molecular formula is C17H17ClN2O. The quantitative estimate of drug-likeness (QED) is 0.855. The molecule has 0 saturated carbocycles. The first-order valence-corrected chi connectivity index (χ1v) is 7.45. The van der Waals surface area contributed by atoms with E-state index in [9.17, 15) is 4.79 Å². The molecule has 1 aliphatic heterocycles. The molecule has 0 aromatic heterocycles. The third-order valence-electron chi connectivity index (χ3n) is 3.90. The second kappa shape index (κ2) is 5.78. The van der Waals surface area contributed by atoms with Crippen molar-refractivity contribution in [2.45, 2.75) is 18.9 Å². The molecule has 1 fully saturated rings. The van der Waals surface area contributed by atoms with E-state index in [0.717, 1.165) is 24.9 Å². The maximum absolute atomic E-state index is 12.7. The minimum atomic E-state index is 0.0532. The van der Waals surface area contributed by atoms with Gasteiger partial charge in [0.2, 0.25) is 0 Å². The molecule has 1 unspecified atom stereocenters. The number of anilines is 1. The number of likely N-dealkylation sites (tertiary alicyclic amines) is 1. The van der Waals surface area contributed by atoms with Gasteiger partial charge in [-0.3, -0.25) is 4.79 Å². The molecule has 0 aliphatic carbocycles. The summed E-state index contributed by atoms with van der Waals surface area (Å²) in [5, 5.41) is 0.708. The topological polar surface area (TPSA) is 46.3 Å². The lowest BCUT2D eigenvalue weighted by molar-refractivity contribution is 0.0735. The Morgan fingerprint density at radius 1 is 1.19 bits per heavy atom. The van der Waals surface area contributed by atoms with E-state index in [1.807, 2.05) is 29.2 Å². The van der Waals surface area contributed by atoms with Crippen molar-refractivity contribution in [2.75, 3.05) is 12.3 Å². The number of carbonyl (C=O) groups excluding carboxylic acids is 1. The zero-order chi connectivity index (χ0) is 14.8. The molecule has 1 saturated heterocycles. The van der Waals surface area contributed by atoms with Crippen molar-refractivity contribution in [2.24, 2.45) is 0 Å². The van der Waals surface area contributed by atoms with Crippen LogP contribution in [0.25, 0.3) is 0 Å². The fourth-order valence-electron chi connectivity index (χ4n) is 2.86. The third kappa shape index (κ3) is 2.88. The van der Waals surface area contributed by atoms with Crippen molar-refractivity contribution in [3.63, 3.8) is 0 Å². The van der Waals surface area contributed by atoms with E-state index < -0.39 is 0 Å². The summed E-state index contributed by atoms with van der Waals surface area (Å²) in [6.07, 6.45) is 1.99. The van der Waals surface area contributed by atoms with Crippen LogP contribution < -0.4 is 5.73 Å². The number of nitrogens with zero attached hydrogens (tertiary/aromatic N) is 1. The average molecular weight is 301 g/mol. The predicted molar refractivity (Wildman–Crippen MR) is 85.3 cm³/mol. The van der Waals surface area contributed by atoms with Gasteiger partial charge in [-0.15, -0.1) is 0 Å². The minimum Gasteiger partial charge on any atom is -0.399 e. The third-order valence-corrected chi connectivity index (χ3v) is 4.14. The number of carbonyl (C=O) groups is 1. The number of hydrogen-bond donors (Lipinski definition) is 1. The number of halogens is 1. The highest BCUT2D eigenvalue weighted by Gasteiger charge is 2.30. The highest BCUT2D eigenvalue weighted by molar-refractivity contribution is 6.30. The van der Waals surface area contributed by atoms with E-state index >= 15 is 0 Å². The number of nitrogen functional groups attached to an aromatic ring is 1. The molecule has 1 amide bonds. The number of nitrogens with two attached hydrogens (primary N) is 1. The van der Waals surface area contributed by atoms with Gasteiger partial charge in [-0.25, -0.2) is 0 Å². The molecule has 2 N–H and O–H groups in total. The molecule has 0 radical (unpaired) electrons. The molecule has 2 aromatic carbocycles. The molecule has 1 aliphatic rings. The zero-order valence-electron chi connectivity index (χ0n) is 11.6. The fraction of sp³-hybridized carbons (Fsp3) is 0.235. The van der Waals surface area contributed by atoms with E-state index in [2.05, 4.69) is 0 Å². The van der Waals surface area contributed by atoms with E-state index in [-0.39, 0.29) is 11.9 Å². The number of hydrogen-bond acceptors (Lipinski definition) is 2. The van der Waals surface area contributed by atoms with Gasteiger partial charge < -0.3 is 10.6 Å². The molecule has 108 valence electrons. The van der Waals surface area contributed by atoms with Gasteiger partial charge in [0.15, 0.2) is 0 Å². The lowest BCUT2D eigenvalue weighted by Gasteiger charge is -2.25. The Kier molecular flexibility index (Phi) is 3.84. The van der Waals surface area contributed by atoms with Gasteiger partial charge in [0.25, 0.3) is 5.91 Å². The Morgan fingerprint density at radius 2 is 1.95 bits per heavy atom. The van der Waals surface area contributed by atoms with Crippen LogP contribution >= 0.6 is 11.6 Å². The molecule has 1 heterocycles. The number of rotatable bonds is 2. The first-order valence-electron chi connectivity index (χ1n) is 7.07. The van der Waals surface area contributed by atoms with Crippen molar-refractivity contribution in [3.8, 4) is 0 Å². The van der Waals surface area contributed by atoms with E-state index in [1.54, 1.807) is 24.3 Å². The van der Waals surface area contributed by atoms with Crippen LogP contribution in [-0.2, 0) is 0 Å². The van der Waals surface area contributed by atoms with Crippen molar-refractivity contribution in [1.29, 1.82) is 0 Å². The summed E-state index contributed by atoms with van der Waals surface area (Å²) in [4.78, 5) is 14.6. The average Bonchev–Trinajstić information content (AvgIpc) is 2.97. The van der Waals surface area contributed by atoms with Gasteiger partial charge in [-0.1, -0.05) is 23.7 Å². The smallest absolute Gasteiger partial charge is 0.254 e. The molecule has 0 bridgehead atoms. The highest BCUT2D eigenvalue weighted by Crippen LogP contribution is 2.34. The maximum atomic E-state index is 12.7. The van der Waals surface area contributed by atoms with Crippen LogP contribution in [0.5, 0.6) is 0 Å². The van der Waals surface area contributed by atoms with Crippen LogP contribution in [0.3, 0.4) is 0 Å². The van der Waals surface area contributed by atoms with E-state index in [0.29, 0.717) is 16.3 Å². The van der Waals surface area contributed by atoms with Crippen LogP contribution in [0.4, 0.5) is 5.69 Å². The maximum Gasteiger partial charge on any atom is 0.254 e. The van der Waals surface area contributed by atoms with Gasteiger partial charge in [0, 0.05) is 22.8 Å². The summed E-state index contributed by atoms with van der Waals surface area (Å²) in [7, 11) is 0. The van der Waals surface area contributed by atoms with Crippen molar-refractivity contribution < 1.29 is 4.79 Å². The molecule has 3 rings (SSSR count). The monoisotopic (exact) mass is 300 g/mol. The Hall–Kier alpha value is -2.00. The van der Waals surface area contributed by atoms with Crippen LogP contribution in [0.15, 0.2) is 48.5 Å². The first-order chi connectivity index (χ1) is 10.1. The second-order valence-corrected chi connectivity index (χ2v) is 5.77. The van der Waals surface area contributed by atoms with Crippen molar-refractivity contribution in [3.05, 3.63) is 64.7 Å². The molecule has 2 aromatic rings. The van der Waals surface area contributed by atoms with Gasteiger partial charge in [-0.05, 0) is 54.8 Å². The van der Waals surface area contributed by atoms with Crippen LogP contribution in [0.1, 0.15) is 34.8 Å². The SMILES string of the molecule is Nc1ccc(C(=O)N2CCCC2c2cccc(Cl)c2)cc1. The summed E-state index contributed by atoms with van der Waals surface area (Å²) in [6, 6.07) is 15.0. The largest absolute Gasteiger partial charge is 0.399 e. The Balaban J connectivity index is 1.87. The summed E-state index contributed by atoms with van der Waals surface area (Å²) in [6.45, 7) is 0.778. The van der Waals surface area contributed by atoms with E-state index in [4.69, 9.17) is 17.3 Å². The number of benzene rings is 2. The summed E-state index contributed by atoms with van der Waals surface area (Å²) in [5.41, 5.74) is 8.12. The first kappa shape index (κ1) is 14.0. The molecule has 21 heavy (non-hydrogen) atoms. The van der Waals surface area contributed by atoms with Gasteiger partial charge in [0.1, 0.15) is 0 Å². The Bertz CT molecular complexity index is 654. The normalized spacial score (nSPS) is 18.0. The van der Waals surface area contributed by atoms with Gasteiger partial charge in [0.05, 0.1) is 6.04 Å². The lowest BCUT2D eigenvalue weighted by Crippen LogP contribution is -2.30. The van der Waals surface area contributed by atoms with Gasteiger partial charge in [-0.2, -0.15) is 0 Å². The molecule has 3 nitrogen and oxygen atoms in total. The summed E-state index contributed by atoms with van der Waals surface area (Å²) >= 11 is 6.07. The van der Waals surface area contributed by atoms with Gasteiger partial charge >= 0.3 is 0 Å². The molecule has 4 heteroatoms. The summed E-state index contributed by atoms with van der Waals surface area (Å²) < 4.78 is 0. The van der Waals surface area contributed by atoms with Crippen LogP contribution in [0, 0.1) is 0 Å². The predicted octanol–water partition coefficient (Wildman–Crippen LogP) is 3.90. The zero-order valence-corrected chi connectivity index (χ0v) is 12.4.